The number of unbranched alkanes of at least 4 members (excludes halogenated alkanes) is 6. The summed E-state index contributed by atoms with van der Waals surface area (Å²) < 4.78 is 0. The third kappa shape index (κ3) is 14.4. The average Bonchev–Trinajstić information content (AvgIpc) is 2.51. The molecule has 0 aliphatic heterocycles. The number of rotatable bonds is 15. The number of hydrogen-bond donors (Lipinski definition) is 4. The summed E-state index contributed by atoms with van der Waals surface area (Å²) in [4.78, 5) is 10.3. The zero-order chi connectivity index (χ0) is 17.5. The van der Waals surface area contributed by atoms with E-state index in [2.05, 4.69) is 6.92 Å². The quantitative estimate of drug-likeness (QED) is 0.273. The zero-order valence-corrected chi connectivity index (χ0v) is 14.4. The lowest BCUT2D eigenvalue weighted by molar-refractivity contribution is -0.137. The van der Waals surface area contributed by atoms with Crippen LogP contribution in [0.25, 0.3) is 0 Å². The van der Waals surface area contributed by atoms with E-state index in [4.69, 9.17) is 5.11 Å². The van der Waals surface area contributed by atoms with Gasteiger partial charge in [-0.15, -0.1) is 0 Å². The zero-order valence-electron chi connectivity index (χ0n) is 14.4. The minimum atomic E-state index is -0.919. The van der Waals surface area contributed by atoms with E-state index in [1.54, 1.807) is 6.08 Å². The molecule has 0 amide bonds. The highest BCUT2D eigenvalue weighted by atomic mass is 16.4. The third-order valence-corrected chi connectivity index (χ3v) is 3.92. The Hall–Kier alpha value is -0.910. The van der Waals surface area contributed by atoms with Gasteiger partial charge >= 0.3 is 5.97 Å². The first-order valence-corrected chi connectivity index (χ1v) is 8.91. The topological polar surface area (TPSA) is 98.0 Å². The number of carboxylic acids is 1. The fourth-order valence-corrected chi connectivity index (χ4v) is 2.40. The molecule has 0 saturated heterocycles. The monoisotopic (exact) mass is 330 g/mol. The minimum absolute atomic E-state index is 0.226. The third-order valence-electron chi connectivity index (χ3n) is 3.92. The number of carboxylic acid groups (broad SMARTS) is 1. The summed E-state index contributed by atoms with van der Waals surface area (Å²) in [5, 5.41) is 37.9. The highest BCUT2D eigenvalue weighted by Crippen LogP contribution is 2.11. The van der Waals surface area contributed by atoms with E-state index in [1.807, 2.05) is 0 Å². The fourth-order valence-electron chi connectivity index (χ4n) is 2.40. The maximum absolute atomic E-state index is 10.3. The Morgan fingerprint density at radius 2 is 1.48 bits per heavy atom. The molecule has 0 heterocycles. The Kier molecular flexibility index (Phi) is 14.1. The number of hydrogen-bond acceptors (Lipinski definition) is 4. The van der Waals surface area contributed by atoms with Crippen molar-refractivity contribution >= 4 is 5.97 Å². The minimum Gasteiger partial charge on any atom is -0.481 e. The second kappa shape index (κ2) is 14.7. The molecule has 5 heteroatoms. The summed E-state index contributed by atoms with van der Waals surface area (Å²) in [7, 11) is 0. The van der Waals surface area contributed by atoms with Crippen LogP contribution in [0.15, 0.2) is 12.2 Å². The van der Waals surface area contributed by atoms with E-state index >= 15 is 0 Å². The Labute approximate surface area is 140 Å². The molecule has 0 radical (unpaired) electrons. The van der Waals surface area contributed by atoms with Gasteiger partial charge in [-0.25, -0.2) is 0 Å². The molecule has 0 fully saturated rings. The van der Waals surface area contributed by atoms with Crippen molar-refractivity contribution in [3.8, 4) is 0 Å². The molecule has 0 aliphatic carbocycles. The van der Waals surface area contributed by atoms with Gasteiger partial charge in [0.1, 0.15) is 0 Å². The van der Waals surface area contributed by atoms with Crippen molar-refractivity contribution in [2.75, 3.05) is 0 Å². The molecule has 23 heavy (non-hydrogen) atoms. The Balaban J connectivity index is 3.66. The van der Waals surface area contributed by atoms with Gasteiger partial charge < -0.3 is 20.4 Å². The van der Waals surface area contributed by atoms with E-state index in [0.29, 0.717) is 19.3 Å². The van der Waals surface area contributed by atoms with Crippen molar-refractivity contribution < 1.29 is 25.2 Å². The molecular weight excluding hydrogens is 296 g/mol. The summed E-state index contributed by atoms with van der Waals surface area (Å²) in [5.41, 5.74) is 0. The first-order valence-electron chi connectivity index (χ1n) is 8.91. The fraction of sp³-hybridized carbons (Fsp3) is 0.833. The van der Waals surface area contributed by atoms with E-state index in [0.717, 1.165) is 44.9 Å². The van der Waals surface area contributed by atoms with Crippen molar-refractivity contribution in [2.45, 2.75) is 95.9 Å². The average molecular weight is 330 g/mol. The summed E-state index contributed by atoms with van der Waals surface area (Å²) in [6.45, 7) is 2.09. The molecule has 136 valence electrons. The van der Waals surface area contributed by atoms with E-state index in [-0.39, 0.29) is 6.42 Å². The first-order chi connectivity index (χ1) is 11.0. The molecule has 0 aromatic carbocycles. The number of aliphatic hydroxyl groups excluding tert-OH is 3. The molecular formula is C18H34O5. The molecule has 0 spiro atoms. The molecule has 0 aliphatic rings. The van der Waals surface area contributed by atoms with Crippen molar-refractivity contribution in [3.63, 3.8) is 0 Å². The standard InChI is InChI=1S/C18H34O5/c1-2-3-7-11-16(20)17(21)14-13-15(19)10-8-5-4-6-9-12-18(22)23/h13-17,19-21H,2-12H2,1H3,(H,22,23)/b14-13+/t15-,16-,17?/m0/s1. The molecule has 0 aromatic rings. The van der Waals surface area contributed by atoms with Gasteiger partial charge in [0.15, 0.2) is 0 Å². The van der Waals surface area contributed by atoms with Crippen LogP contribution in [0.1, 0.15) is 77.6 Å². The van der Waals surface area contributed by atoms with Crippen LogP contribution in [-0.2, 0) is 4.79 Å². The molecule has 0 saturated carbocycles. The van der Waals surface area contributed by atoms with Crippen LogP contribution < -0.4 is 0 Å². The van der Waals surface area contributed by atoms with E-state index in [9.17, 15) is 20.1 Å². The van der Waals surface area contributed by atoms with Crippen molar-refractivity contribution in [3.05, 3.63) is 12.2 Å². The van der Waals surface area contributed by atoms with Gasteiger partial charge in [-0.1, -0.05) is 64.0 Å². The molecule has 0 aromatic heterocycles. The second-order valence-corrected chi connectivity index (χ2v) is 6.21. The normalized spacial score (nSPS) is 15.7. The maximum atomic E-state index is 10.3. The largest absolute Gasteiger partial charge is 0.481 e. The Morgan fingerprint density at radius 3 is 2.13 bits per heavy atom. The summed E-state index contributed by atoms with van der Waals surface area (Å²) in [6.07, 6.45) is 9.60. The molecule has 4 N–H and O–H groups in total. The number of carbonyl (C=O) groups is 1. The maximum Gasteiger partial charge on any atom is 0.303 e. The van der Waals surface area contributed by atoms with Crippen molar-refractivity contribution in [1.29, 1.82) is 0 Å². The van der Waals surface area contributed by atoms with E-state index < -0.39 is 24.3 Å². The predicted octanol–water partition coefficient (Wildman–Crippen LogP) is 3.02. The van der Waals surface area contributed by atoms with Gasteiger partial charge in [-0.05, 0) is 19.3 Å². The Morgan fingerprint density at radius 1 is 0.870 bits per heavy atom. The lowest BCUT2D eigenvalue weighted by atomic mass is 10.0. The first kappa shape index (κ1) is 22.1. The van der Waals surface area contributed by atoms with Crippen LogP contribution in [-0.4, -0.2) is 44.7 Å². The summed E-state index contributed by atoms with van der Waals surface area (Å²) in [5.74, 6) is -0.749. The summed E-state index contributed by atoms with van der Waals surface area (Å²) in [6, 6.07) is 0. The molecule has 0 bridgehead atoms. The number of aliphatic carboxylic acids is 1. The van der Waals surface area contributed by atoms with Crippen LogP contribution in [0.4, 0.5) is 0 Å². The highest BCUT2D eigenvalue weighted by molar-refractivity contribution is 5.66. The Bertz CT molecular complexity index is 317. The second-order valence-electron chi connectivity index (χ2n) is 6.21. The lowest BCUT2D eigenvalue weighted by Crippen LogP contribution is -2.24. The van der Waals surface area contributed by atoms with Gasteiger partial charge in [0.2, 0.25) is 0 Å². The molecule has 1 unspecified atom stereocenters. The van der Waals surface area contributed by atoms with Crippen molar-refractivity contribution in [2.24, 2.45) is 0 Å². The van der Waals surface area contributed by atoms with Gasteiger partial charge in [-0.3, -0.25) is 4.79 Å². The van der Waals surface area contributed by atoms with Crippen LogP contribution in [0.3, 0.4) is 0 Å². The molecule has 3 atom stereocenters. The lowest BCUT2D eigenvalue weighted by Gasteiger charge is -2.14. The van der Waals surface area contributed by atoms with Crippen LogP contribution >= 0.6 is 0 Å². The van der Waals surface area contributed by atoms with Crippen LogP contribution in [0, 0.1) is 0 Å². The number of aliphatic hydroxyl groups is 3. The highest BCUT2D eigenvalue weighted by Gasteiger charge is 2.12. The van der Waals surface area contributed by atoms with E-state index in [1.165, 1.54) is 6.08 Å². The molecule has 0 rings (SSSR count). The van der Waals surface area contributed by atoms with Crippen LogP contribution in [0.2, 0.25) is 0 Å². The smallest absolute Gasteiger partial charge is 0.303 e. The summed E-state index contributed by atoms with van der Waals surface area (Å²) >= 11 is 0. The van der Waals surface area contributed by atoms with Gasteiger partial charge in [0.05, 0.1) is 18.3 Å². The SMILES string of the molecule is CCCCC[C@H](O)C(O)/C=C/[C@@H](O)CCCCCCCC(=O)O. The predicted molar refractivity (Wildman–Crippen MR) is 91.3 cm³/mol. The molecule has 5 nitrogen and oxygen atoms in total. The van der Waals surface area contributed by atoms with Gasteiger partial charge in [0, 0.05) is 6.42 Å². The van der Waals surface area contributed by atoms with Gasteiger partial charge in [-0.2, -0.15) is 0 Å². The van der Waals surface area contributed by atoms with Crippen LogP contribution in [0.5, 0.6) is 0 Å². The van der Waals surface area contributed by atoms with Crippen molar-refractivity contribution in [1.82, 2.24) is 0 Å². The van der Waals surface area contributed by atoms with Gasteiger partial charge in [0.25, 0.3) is 0 Å².